The number of aliphatic hydroxyl groups excluding tert-OH is 1. The van der Waals surface area contributed by atoms with E-state index in [-0.39, 0.29) is 12.5 Å². The molecule has 6 nitrogen and oxygen atoms in total. The van der Waals surface area contributed by atoms with Crippen molar-refractivity contribution < 1.29 is 14.6 Å². The van der Waals surface area contributed by atoms with E-state index >= 15 is 0 Å². The predicted molar refractivity (Wildman–Crippen MR) is 85.0 cm³/mol. The van der Waals surface area contributed by atoms with Crippen molar-refractivity contribution in [1.29, 1.82) is 0 Å². The number of piperidine rings is 1. The Morgan fingerprint density at radius 3 is 2.64 bits per heavy atom. The highest BCUT2D eigenvalue weighted by Crippen LogP contribution is 2.36. The number of fused-ring (bicyclic) bond motifs is 1. The van der Waals surface area contributed by atoms with Gasteiger partial charge in [-0.15, -0.1) is 0 Å². The van der Waals surface area contributed by atoms with Gasteiger partial charge in [0.1, 0.15) is 5.54 Å². The summed E-state index contributed by atoms with van der Waals surface area (Å²) in [5.41, 5.74) is 1.37. The zero-order valence-corrected chi connectivity index (χ0v) is 12.7. The van der Waals surface area contributed by atoms with E-state index < -0.39 is 5.54 Å². The van der Waals surface area contributed by atoms with Gasteiger partial charge in [0.15, 0.2) is 0 Å². The maximum absolute atomic E-state index is 12.5. The predicted octanol–water partition coefficient (Wildman–Crippen LogP) is 0.894. The van der Waals surface area contributed by atoms with Crippen LogP contribution >= 0.6 is 0 Å². The summed E-state index contributed by atoms with van der Waals surface area (Å²) in [7, 11) is 0. The number of amides is 1. The standard InChI is InChI=1S/C16H23N3O3/c20-10-12-22-11-9-19-7-5-16(6-8-19)15(21)17-13-3-1-2-4-14(13)18-16/h1-4,18,20H,5-12H2,(H,17,21). The quantitative estimate of drug-likeness (QED) is 0.705. The molecule has 0 radical (unpaired) electrons. The van der Waals surface area contributed by atoms with E-state index in [1.807, 2.05) is 24.3 Å². The highest BCUT2D eigenvalue weighted by molar-refractivity contribution is 6.06. The minimum absolute atomic E-state index is 0.0621. The summed E-state index contributed by atoms with van der Waals surface area (Å²) in [4.78, 5) is 14.8. The van der Waals surface area contributed by atoms with E-state index in [0.29, 0.717) is 13.2 Å². The minimum atomic E-state index is -0.489. The second-order valence-corrected chi connectivity index (χ2v) is 5.88. The van der Waals surface area contributed by atoms with Gasteiger partial charge in [0.2, 0.25) is 5.91 Å². The zero-order valence-electron chi connectivity index (χ0n) is 12.7. The number of nitrogens with one attached hydrogen (secondary N) is 2. The molecule has 120 valence electrons. The summed E-state index contributed by atoms with van der Waals surface area (Å²) in [5.74, 6) is 0.0716. The summed E-state index contributed by atoms with van der Waals surface area (Å²) in [6.07, 6.45) is 1.57. The second kappa shape index (κ2) is 6.64. The SMILES string of the molecule is O=C1Nc2ccccc2NC12CCN(CCOCCO)CC2. The first-order chi connectivity index (χ1) is 10.7. The number of benzene rings is 1. The van der Waals surface area contributed by atoms with Crippen molar-refractivity contribution in [1.82, 2.24) is 4.90 Å². The molecule has 1 aromatic rings. The number of hydrogen-bond donors (Lipinski definition) is 3. The first-order valence-electron chi connectivity index (χ1n) is 7.83. The fraction of sp³-hybridized carbons (Fsp3) is 0.562. The van der Waals surface area contributed by atoms with E-state index in [1.54, 1.807) is 0 Å². The Hall–Kier alpha value is -1.63. The molecule has 22 heavy (non-hydrogen) atoms. The molecule has 1 saturated heterocycles. The summed E-state index contributed by atoms with van der Waals surface area (Å²) in [5, 5.41) is 15.2. The molecule has 2 aliphatic heterocycles. The molecule has 0 aromatic heterocycles. The Labute approximate surface area is 130 Å². The van der Waals surface area contributed by atoms with Crippen molar-refractivity contribution in [2.24, 2.45) is 0 Å². The zero-order chi connectivity index (χ0) is 15.4. The van der Waals surface area contributed by atoms with Gasteiger partial charge >= 0.3 is 0 Å². The van der Waals surface area contributed by atoms with Crippen LogP contribution in [0.1, 0.15) is 12.8 Å². The molecular formula is C16H23N3O3. The number of nitrogens with zero attached hydrogens (tertiary/aromatic N) is 1. The first-order valence-corrected chi connectivity index (χ1v) is 7.83. The molecular weight excluding hydrogens is 282 g/mol. The van der Waals surface area contributed by atoms with E-state index in [9.17, 15) is 4.79 Å². The molecule has 1 aromatic carbocycles. The van der Waals surface area contributed by atoms with E-state index in [1.165, 1.54) is 0 Å². The Morgan fingerprint density at radius 2 is 1.91 bits per heavy atom. The lowest BCUT2D eigenvalue weighted by atomic mass is 9.84. The minimum Gasteiger partial charge on any atom is -0.394 e. The number of ether oxygens (including phenoxy) is 1. The van der Waals surface area contributed by atoms with Gasteiger partial charge < -0.3 is 25.4 Å². The third kappa shape index (κ3) is 3.09. The van der Waals surface area contributed by atoms with Crippen LogP contribution < -0.4 is 10.6 Å². The number of aliphatic hydroxyl groups is 1. The van der Waals surface area contributed by atoms with Gasteiger partial charge in [0.05, 0.1) is 31.2 Å². The summed E-state index contributed by atoms with van der Waals surface area (Å²) >= 11 is 0. The molecule has 1 spiro atoms. The normalized spacial score (nSPS) is 20.3. The molecule has 1 fully saturated rings. The van der Waals surface area contributed by atoms with Gasteiger partial charge in [-0.1, -0.05) is 12.1 Å². The molecule has 0 bridgehead atoms. The average Bonchev–Trinajstić information content (AvgIpc) is 2.54. The van der Waals surface area contributed by atoms with E-state index in [0.717, 1.165) is 43.9 Å². The van der Waals surface area contributed by atoms with Crippen molar-refractivity contribution in [3.63, 3.8) is 0 Å². The van der Waals surface area contributed by atoms with E-state index in [2.05, 4.69) is 15.5 Å². The number of likely N-dealkylation sites (tertiary alicyclic amines) is 1. The number of carbonyl (C=O) groups excluding carboxylic acids is 1. The smallest absolute Gasteiger partial charge is 0.250 e. The fourth-order valence-electron chi connectivity index (χ4n) is 3.13. The lowest BCUT2D eigenvalue weighted by Gasteiger charge is -2.44. The molecule has 0 aliphatic carbocycles. The molecule has 0 atom stereocenters. The Morgan fingerprint density at radius 1 is 1.18 bits per heavy atom. The third-order valence-corrected chi connectivity index (χ3v) is 4.48. The molecule has 0 unspecified atom stereocenters. The topological polar surface area (TPSA) is 73.8 Å². The van der Waals surface area contributed by atoms with Crippen molar-refractivity contribution in [3.05, 3.63) is 24.3 Å². The van der Waals surface area contributed by atoms with Gasteiger partial charge in [0.25, 0.3) is 0 Å². The van der Waals surface area contributed by atoms with Crippen molar-refractivity contribution in [2.45, 2.75) is 18.4 Å². The van der Waals surface area contributed by atoms with Crippen LogP contribution in [0.2, 0.25) is 0 Å². The highest BCUT2D eigenvalue weighted by Gasteiger charge is 2.44. The number of rotatable bonds is 5. The highest BCUT2D eigenvalue weighted by atomic mass is 16.5. The van der Waals surface area contributed by atoms with Gasteiger partial charge in [-0.05, 0) is 25.0 Å². The van der Waals surface area contributed by atoms with Crippen LogP contribution in [-0.2, 0) is 9.53 Å². The maximum Gasteiger partial charge on any atom is 0.250 e. The number of para-hydroxylation sites is 2. The molecule has 3 N–H and O–H groups in total. The van der Waals surface area contributed by atoms with Crippen LogP contribution in [0, 0.1) is 0 Å². The number of hydrogen-bond acceptors (Lipinski definition) is 5. The van der Waals surface area contributed by atoms with Crippen LogP contribution in [0.4, 0.5) is 11.4 Å². The van der Waals surface area contributed by atoms with Gasteiger partial charge in [-0.3, -0.25) is 4.79 Å². The van der Waals surface area contributed by atoms with Crippen LogP contribution in [-0.4, -0.2) is 60.9 Å². The van der Waals surface area contributed by atoms with Gasteiger partial charge in [-0.2, -0.15) is 0 Å². The van der Waals surface area contributed by atoms with Crippen molar-refractivity contribution in [3.8, 4) is 0 Å². The van der Waals surface area contributed by atoms with Crippen LogP contribution in [0.25, 0.3) is 0 Å². The molecule has 3 rings (SSSR count). The third-order valence-electron chi connectivity index (χ3n) is 4.48. The van der Waals surface area contributed by atoms with Crippen LogP contribution in [0.5, 0.6) is 0 Å². The average molecular weight is 305 g/mol. The molecule has 6 heteroatoms. The first kappa shape index (κ1) is 15.3. The van der Waals surface area contributed by atoms with Crippen molar-refractivity contribution in [2.75, 3.05) is 50.1 Å². The van der Waals surface area contributed by atoms with Crippen LogP contribution in [0.15, 0.2) is 24.3 Å². The second-order valence-electron chi connectivity index (χ2n) is 5.88. The summed E-state index contributed by atoms with van der Waals surface area (Å²) < 4.78 is 5.30. The fourth-order valence-corrected chi connectivity index (χ4v) is 3.13. The lowest BCUT2D eigenvalue weighted by Crippen LogP contribution is -2.58. The molecule has 2 aliphatic rings. The van der Waals surface area contributed by atoms with Crippen LogP contribution in [0.3, 0.4) is 0 Å². The van der Waals surface area contributed by atoms with Gasteiger partial charge in [0, 0.05) is 19.6 Å². The number of carbonyl (C=O) groups is 1. The molecule has 0 saturated carbocycles. The maximum atomic E-state index is 12.5. The Bertz CT molecular complexity index is 527. The Balaban J connectivity index is 1.57. The summed E-state index contributed by atoms with van der Waals surface area (Å²) in [6, 6.07) is 7.82. The summed E-state index contributed by atoms with van der Waals surface area (Å²) in [6.45, 7) is 3.64. The molecule has 2 heterocycles. The Kier molecular flexibility index (Phi) is 4.61. The lowest BCUT2D eigenvalue weighted by molar-refractivity contribution is -0.122. The van der Waals surface area contributed by atoms with Gasteiger partial charge in [-0.25, -0.2) is 0 Å². The monoisotopic (exact) mass is 305 g/mol. The molecule has 1 amide bonds. The number of anilines is 2. The van der Waals surface area contributed by atoms with E-state index in [4.69, 9.17) is 9.84 Å². The largest absolute Gasteiger partial charge is 0.394 e. The van der Waals surface area contributed by atoms with Crippen molar-refractivity contribution >= 4 is 17.3 Å².